The summed E-state index contributed by atoms with van der Waals surface area (Å²) in [6.45, 7) is 2.19. The van der Waals surface area contributed by atoms with Crippen molar-refractivity contribution in [1.82, 2.24) is 0 Å². The van der Waals surface area contributed by atoms with Crippen molar-refractivity contribution in [1.29, 1.82) is 0 Å². The van der Waals surface area contributed by atoms with Crippen molar-refractivity contribution < 1.29 is 5.11 Å². The van der Waals surface area contributed by atoms with E-state index in [1.54, 1.807) is 0 Å². The van der Waals surface area contributed by atoms with Crippen LogP contribution in [-0.4, -0.2) is 11.2 Å². The maximum Gasteiger partial charge on any atom is 0.0732 e. The highest BCUT2D eigenvalue weighted by Gasteiger charge is 2.15. The van der Waals surface area contributed by atoms with Crippen LogP contribution in [0.4, 0.5) is 0 Å². The van der Waals surface area contributed by atoms with Crippen molar-refractivity contribution >= 4 is 0 Å². The zero-order valence-corrected chi connectivity index (χ0v) is 10.1. The smallest absolute Gasteiger partial charge is 0.0732 e. The van der Waals surface area contributed by atoms with Gasteiger partial charge >= 0.3 is 0 Å². The van der Waals surface area contributed by atoms with Gasteiger partial charge in [-0.2, -0.15) is 0 Å². The largest absolute Gasteiger partial charge is 0.391 e. The minimum absolute atomic E-state index is 0.247. The Morgan fingerprint density at radius 2 is 1.81 bits per heavy atom. The maximum atomic E-state index is 9.95. The van der Waals surface area contributed by atoms with Gasteiger partial charge in [-0.05, 0) is 12.0 Å². The summed E-state index contributed by atoms with van der Waals surface area (Å²) in [6, 6.07) is 9.57. The van der Waals surface area contributed by atoms with Crippen molar-refractivity contribution in [3.05, 3.63) is 35.9 Å². The summed E-state index contributed by atoms with van der Waals surface area (Å²) in [5.41, 5.74) is 7.02. The summed E-state index contributed by atoms with van der Waals surface area (Å²) >= 11 is 0. The fraction of sp³-hybridized carbons (Fsp3) is 0.571. The Labute approximate surface area is 98.5 Å². The predicted octanol–water partition coefficient (Wildman–Crippen LogP) is 3.02. The first kappa shape index (κ1) is 13.2. The molecule has 3 N–H and O–H groups in total. The molecular formula is C14H23NO. The van der Waals surface area contributed by atoms with Crippen LogP contribution < -0.4 is 5.73 Å². The van der Waals surface area contributed by atoms with E-state index in [2.05, 4.69) is 6.92 Å². The second kappa shape index (κ2) is 7.42. The summed E-state index contributed by atoms with van der Waals surface area (Å²) < 4.78 is 0. The van der Waals surface area contributed by atoms with Gasteiger partial charge in [0.05, 0.1) is 12.1 Å². The van der Waals surface area contributed by atoms with Gasteiger partial charge in [0.1, 0.15) is 0 Å². The molecule has 0 radical (unpaired) electrons. The molecule has 0 aliphatic heterocycles. The molecule has 0 saturated carbocycles. The summed E-state index contributed by atoms with van der Waals surface area (Å²) in [4.78, 5) is 0. The Hall–Kier alpha value is -0.860. The van der Waals surface area contributed by atoms with E-state index in [0.29, 0.717) is 0 Å². The first-order valence-electron chi connectivity index (χ1n) is 6.24. The third-order valence-electron chi connectivity index (χ3n) is 2.95. The Morgan fingerprint density at radius 1 is 1.12 bits per heavy atom. The van der Waals surface area contributed by atoms with Gasteiger partial charge in [0.2, 0.25) is 0 Å². The lowest BCUT2D eigenvalue weighted by Crippen LogP contribution is -2.26. The Kier molecular flexibility index (Phi) is 6.12. The van der Waals surface area contributed by atoms with Crippen molar-refractivity contribution in [2.45, 2.75) is 51.2 Å². The van der Waals surface area contributed by atoms with Crippen molar-refractivity contribution in [2.75, 3.05) is 0 Å². The molecule has 1 aromatic carbocycles. The molecule has 0 fully saturated rings. The second-order valence-corrected chi connectivity index (χ2v) is 4.35. The van der Waals surface area contributed by atoms with Crippen molar-refractivity contribution in [3.63, 3.8) is 0 Å². The van der Waals surface area contributed by atoms with Gasteiger partial charge in [0.25, 0.3) is 0 Å². The zero-order chi connectivity index (χ0) is 11.8. The lowest BCUT2D eigenvalue weighted by Gasteiger charge is -2.19. The molecule has 0 heterocycles. The van der Waals surface area contributed by atoms with E-state index in [9.17, 15) is 5.11 Å². The zero-order valence-electron chi connectivity index (χ0n) is 10.1. The molecule has 1 rings (SSSR count). The highest BCUT2D eigenvalue weighted by Crippen LogP contribution is 2.18. The molecule has 0 saturated heterocycles. The fourth-order valence-corrected chi connectivity index (χ4v) is 1.86. The summed E-state index contributed by atoms with van der Waals surface area (Å²) in [5.74, 6) is 0. The molecule has 0 bridgehead atoms. The average Bonchev–Trinajstić information content (AvgIpc) is 2.34. The van der Waals surface area contributed by atoms with Crippen LogP contribution in [0.3, 0.4) is 0 Å². The molecule has 2 nitrogen and oxygen atoms in total. The van der Waals surface area contributed by atoms with E-state index in [-0.39, 0.29) is 6.04 Å². The van der Waals surface area contributed by atoms with Crippen LogP contribution in [0, 0.1) is 0 Å². The number of unbranched alkanes of at least 4 members (excludes halogenated alkanes) is 3. The minimum atomic E-state index is -0.417. The van der Waals surface area contributed by atoms with Crippen LogP contribution in [0.25, 0.3) is 0 Å². The first-order chi connectivity index (χ1) is 7.75. The lowest BCUT2D eigenvalue weighted by atomic mass is 9.98. The number of benzene rings is 1. The summed E-state index contributed by atoms with van der Waals surface area (Å²) in [7, 11) is 0. The number of nitrogens with two attached hydrogens (primary N) is 1. The Morgan fingerprint density at radius 3 is 2.44 bits per heavy atom. The topological polar surface area (TPSA) is 46.2 Å². The van der Waals surface area contributed by atoms with Crippen LogP contribution in [0.2, 0.25) is 0 Å². The minimum Gasteiger partial charge on any atom is -0.391 e. The van der Waals surface area contributed by atoms with Crippen LogP contribution in [0.15, 0.2) is 30.3 Å². The Balaban J connectivity index is 2.33. The Bertz CT molecular complexity index is 273. The van der Waals surface area contributed by atoms with Gasteiger partial charge in [-0.25, -0.2) is 0 Å². The first-order valence-corrected chi connectivity index (χ1v) is 6.24. The molecule has 0 amide bonds. The number of aliphatic hydroxyl groups is 1. The monoisotopic (exact) mass is 221 g/mol. The number of hydrogen-bond donors (Lipinski definition) is 2. The maximum absolute atomic E-state index is 9.95. The van der Waals surface area contributed by atoms with Crippen LogP contribution in [0.5, 0.6) is 0 Å². The van der Waals surface area contributed by atoms with E-state index >= 15 is 0 Å². The average molecular weight is 221 g/mol. The van der Waals surface area contributed by atoms with Gasteiger partial charge in [0.15, 0.2) is 0 Å². The van der Waals surface area contributed by atoms with E-state index in [1.807, 2.05) is 30.3 Å². The summed E-state index contributed by atoms with van der Waals surface area (Å²) in [5, 5.41) is 9.95. The highest BCUT2D eigenvalue weighted by atomic mass is 16.3. The summed E-state index contributed by atoms with van der Waals surface area (Å²) in [6.07, 6.45) is 5.11. The number of rotatable bonds is 7. The highest BCUT2D eigenvalue weighted by molar-refractivity contribution is 5.19. The van der Waals surface area contributed by atoms with Gasteiger partial charge in [-0.15, -0.1) is 0 Å². The van der Waals surface area contributed by atoms with E-state index < -0.39 is 6.10 Å². The van der Waals surface area contributed by atoms with Crippen molar-refractivity contribution in [2.24, 2.45) is 5.73 Å². The molecule has 16 heavy (non-hydrogen) atoms. The van der Waals surface area contributed by atoms with Gasteiger partial charge in [-0.1, -0.05) is 62.9 Å². The number of aliphatic hydroxyl groups excluding tert-OH is 1. The van der Waals surface area contributed by atoms with E-state index in [1.165, 1.54) is 19.3 Å². The second-order valence-electron chi connectivity index (χ2n) is 4.35. The third kappa shape index (κ3) is 4.33. The van der Waals surface area contributed by atoms with E-state index in [4.69, 9.17) is 5.73 Å². The quantitative estimate of drug-likeness (QED) is 0.695. The predicted molar refractivity (Wildman–Crippen MR) is 68.1 cm³/mol. The molecule has 0 spiro atoms. The molecule has 0 aromatic heterocycles. The normalized spacial score (nSPS) is 14.7. The molecular weight excluding hydrogens is 198 g/mol. The van der Waals surface area contributed by atoms with Crippen LogP contribution >= 0.6 is 0 Å². The molecule has 0 aliphatic rings. The third-order valence-corrected chi connectivity index (χ3v) is 2.95. The van der Waals surface area contributed by atoms with Gasteiger partial charge < -0.3 is 10.8 Å². The number of hydrogen-bond acceptors (Lipinski definition) is 2. The molecule has 0 aliphatic carbocycles. The van der Waals surface area contributed by atoms with Crippen LogP contribution in [0.1, 0.15) is 50.6 Å². The van der Waals surface area contributed by atoms with Crippen LogP contribution in [-0.2, 0) is 0 Å². The van der Waals surface area contributed by atoms with Gasteiger partial charge in [0, 0.05) is 0 Å². The van der Waals surface area contributed by atoms with E-state index in [0.717, 1.165) is 18.4 Å². The molecule has 1 aromatic rings. The molecule has 2 heteroatoms. The molecule has 90 valence electrons. The standard InChI is InChI=1S/C14H23NO/c1-2-3-4-8-11-13(16)14(15)12-9-6-5-7-10-12/h5-7,9-10,13-14,16H,2-4,8,11,15H2,1H3. The SMILES string of the molecule is CCCCCCC(O)C(N)c1ccccc1. The lowest BCUT2D eigenvalue weighted by molar-refractivity contribution is 0.132. The van der Waals surface area contributed by atoms with Gasteiger partial charge in [-0.3, -0.25) is 0 Å². The molecule has 2 atom stereocenters. The van der Waals surface area contributed by atoms with Crippen molar-refractivity contribution in [3.8, 4) is 0 Å². The fourth-order valence-electron chi connectivity index (χ4n) is 1.86. The molecule has 2 unspecified atom stereocenters.